The summed E-state index contributed by atoms with van der Waals surface area (Å²) in [6.45, 7) is 6.62. The molecule has 0 spiro atoms. The van der Waals surface area contributed by atoms with Gasteiger partial charge in [0.25, 0.3) is 0 Å². The van der Waals surface area contributed by atoms with Crippen molar-refractivity contribution in [3.8, 4) is 0 Å². The fourth-order valence-electron chi connectivity index (χ4n) is 2.69. The number of sulfonamides is 1. The maximum Gasteiger partial charge on any atom is 0.246 e. The Hall–Kier alpha value is -1.21. The lowest BCUT2D eigenvalue weighted by molar-refractivity contribution is 0.328. The minimum Gasteiger partial charge on any atom is -0.355 e. The predicted octanol–water partition coefficient (Wildman–Crippen LogP) is 1.86. The van der Waals surface area contributed by atoms with Gasteiger partial charge in [-0.25, -0.2) is 18.4 Å². The predicted molar refractivity (Wildman–Crippen MR) is 78.0 cm³/mol. The highest BCUT2D eigenvalue weighted by atomic mass is 32.2. The minimum absolute atomic E-state index is 0.0402. The zero-order valence-corrected chi connectivity index (χ0v) is 13.0. The van der Waals surface area contributed by atoms with E-state index >= 15 is 0 Å². The number of rotatable bonds is 5. The van der Waals surface area contributed by atoms with Crippen molar-refractivity contribution >= 4 is 16.0 Å². The summed E-state index contributed by atoms with van der Waals surface area (Å²) in [5, 5.41) is 2.95. The Morgan fingerprint density at radius 1 is 1.30 bits per heavy atom. The van der Waals surface area contributed by atoms with Crippen LogP contribution in [0.25, 0.3) is 0 Å². The van der Waals surface area contributed by atoms with Crippen molar-refractivity contribution in [3.63, 3.8) is 0 Å². The Labute approximate surface area is 120 Å². The van der Waals surface area contributed by atoms with Crippen LogP contribution in [0.3, 0.4) is 0 Å². The first-order valence-electron chi connectivity index (χ1n) is 7.10. The molecule has 6 nitrogen and oxygen atoms in total. The van der Waals surface area contributed by atoms with Crippen LogP contribution in [0.15, 0.2) is 17.3 Å². The van der Waals surface area contributed by atoms with E-state index in [1.54, 1.807) is 4.31 Å². The number of aromatic nitrogens is 2. The van der Waals surface area contributed by atoms with Gasteiger partial charge < -0.3 is 5.32 Å². The average Bonchev–Trinajstić information content (AvgIpc) is 2.81. The van der Waals surface area contributed by atoms with Crippen LogP contribution in [-0.4, -0.2) is 41.3 Å². The second-order valence-corrected chi connectivity index (χ2v) is 6.94. The largest absolute Gasteiger partial charge is 0.355 e. The van der Waals surface area contributed by atoms with Crippen LogP contribution in [0.1, 0.15) is 40.0 Å². The third-order valence-corrected chi connectivity index (χ3v) is 5.74. The minimum atomic E-state index is -3.50. The van der Waals surface area contributed by atoms with Crippen molar-refractivity contribution in [1.29, 1.82) is 0 Å². The lowest BCUT2D eigenvalue weighted by Crippen LogP contribution is -2.39. The summed E-state index contributed by atoms with van der Waals surface area (Å²) in [7, 11) is -3.50. The summed E-state index contributed by atoms with van der Waals surface area (Å²) in [4.78, 5) is 8.28. The molecule has 0 aliphatic carbocycles. The molecule has 7 heteroatoms. The monoisotopic (exact) mass is 298 g/mol. The Bertz CT molecular complexity index is 544. The number of hydrogen-bond donors (Lipinski definition) is 1. The van der Waals surface area contributed by atoms with Gasteiger partial charge in [0.05, 0.1) is 12.4 Å². The van der Waals surface area contributed by atoms with Gasteiger partial charge in [0, 0.05) is 18.6 Å². The van der Waals surface area contributed by atoms with Crippen molar-refractivity contribution in [3.05, 3.63) is 12.4 Å². The van der Waals surface area contributed by atoms with Gasteiger partial charge in [-0.3, -0.25) is 0 Å². The molecule has 0 saturated carbocycles. The van der Waals surface area contributed by atoms with E-state index in [2.05, 4.69) is 15.3 Å². The Balaban J connectivity index is 2.29. The standard InChI is InChI=1S/C13H22N4O2S/c1-4-11-7-6-10(3)17(11)20(18,19)12-8-15-13(14-5-2)16-9-12/h8-11H,4-7H2,1-3H3,(H,14,15,16). The van der Waals surface area contributed by atoms with Gasteiger partial charge in [0.2, 0.25) is 16.0 Å². The average molecular weight is 298 g/mol. The van der Waals surface area contributed by atoms with Gasteiger partial charge in [-0.15, -0.1) is 0 Å². The van der Waals surface area contributed by atoms with Gasteiger partial charge in [0.15, 0.2) is 0 Å². The molecule has 112 valence electrons. The van der Waals surface area contributed by atoms with Crippen LogP contribution >= 0.6 is 0 Å². The van der Waals surface area contributed by atoms with Crippen LogP contribution in [-0.2, 0) is 10.0 Å². The lowest BCUT2D eigenvalue weighted by atomic mass is 10.2. The molecule has 1 N–H and O–H groups in total. The van der Waals surface area contributed by atoms with E-state index in [0.717, 1.165) is 19.3 Å². The first kappa shape index (κ1) is 15.2. The maximum atomic E-state index is 12.7. The number of nitrogens with zero attached hydrogens (tertiary/aromatic N) is 3. The van der Waals surface area contributed by atoms with Crippen molar-refractivity contribution in [1.82, 2.24) is 14.3 Å². The molecular formula is C13H22N4O2S. The molecule has 0 radical (unpaired) electrons. The maximum absolute atomic E-state index is 12.7. The lowest BCUT2D eigenvalue weighted by Gasteiger charge is -2.26. The Morgan fingerprint density at radius 2 is 1.95 bits per heavy atom. The molecule has 0 aromatic carbocycles. The molecule has 2 unspecified atom stereocenters. The Kier molecular flexibility index (Phi) is 4.59. The first-order chi connectivity index (χ1) is 9.50. The molecule has 1 aliphatic rings. The van der Waals surface area contributed by atoms with E-state index < -0.39 is 10.0 Å². The smallest absolute Gasteiger partial charge is 0.246 e. The topological polar surface area (TPSA) is 75.2 Å². The van der Waals surface area contributed by atoms with Crippen LogP contribution in [0, 0.1) is 0 Å². The van der Waals surface area contributed by atoms with E-state index in [-0.39, 0.29) is 17.0 Å². The summed E-state index contributed by atoms with van der Waals surface area (Å²) < 4.78 is 27.0. The Morgan fingerprint density at radius 3 is 2.50 bits per heavy atom. The van der Waals surface area contributed by atoms with Crippen LogP contribution in [0.4, 0.5) is 5.95 Å². The van der Waals surface area contributed by atoms with Crippen LogP contribution in [0.5, 0.6) is 0 Å². The summed E-state index contributed by atoms with van der Waals surface area (Å²) in [6.07, 6.45) is 5.44. The SMILES string of the molecule is CCNc1ncc(S(=O)(=O)N2C(C)CCC2CC)cn1. The van der Waals surface area contributed by atoms with Crippen molar-refractivity contribution in [2.75, 3.05) is 11.9 Å². The molecule has 20 heavy (non-hydrogen) atoms. The quantitative estimate of drug-likeness (QED) is 0.898. The van der Waals surface area contributed by atoms with Crippen LogP contribution < -0.4 is 5.32 Å². The van der Waals surface area contributed by atoms with E-state index in [1.165, 1.54) is 12.4 Å². The third-order valence-electron chi connectivity index (χ3n) is 3.72. The van der Waals surface area contributed by atoms with E-state index in [9.17, 15) is 8.42 Å². The highest BCUT2D eigenvalue weighted by Gasteiger charge is 2.39. The summed E-state index contributed by atoms with van der Waals surface area (Å²) in [5.74, 6) is 0.452. The van der Waals surface area contributed by atoms with E-state index in [1.807, 2.05) is 20.8 Å². The van der Waals surface area contributed by atoms with E-state index in [0.29, 0.717) is 12.5 Å². The van der Waals surface area contributed by atoms with Gasteiger partial charge in [-0.05, 0) is 33.1 Å². The fourth-order valence-corrected chi connectivity index (χ4v) is 4.53. The van der Waals surface area contributed by atoms with Crippen molar-refractivity contribution < 1.29 is 8.42 Å². The third kappa shape index (κ3) is 2.78. The van der Waals surface area contributed by atoms with Gasteiger partial charge >= 0.3 is 0 Å². The molecule has 1 aliphatic heterocycles. The molecule has 1 aromatic rings. The van der Waals surface area contributed by atoms with Crippen molar-refractivity contribution in [2.45, 2.75) is 57.0 Å². The fraction of sp³-hybridized carbons (Fsp3) is 0.692. The van der Waals surface area contributed by atoms with Crippen molar-refractivity contribution in [2.24, 2.45) is 0 Å². The van der Waals surface area contributed by atoms with Gasteiger partial charge in [0.1, 0.15) is 4.90 Å². The van der Waals surface area contributed by atoms with Crippen LogP contribution in [0.2, 0.25) is 0 Å². The molecule has 1 saturated heterocycles. The molecule has 2 rings (SSSR count). The number of anilines is 1. The molecule has 0 bridgehead atoms. The summed E-state index contributed by atoms with van der Waals surface area (Å²) in [6, 6.07) is 0.127. The molecule has 0 amide bonds. The normalized spacial score (nSPS) is 23.9. The molecule has 2 atom stereocenters. The summed E-state index contributed by atoms with van der Waals surface area (Å²) >= 11 is 0. The molecule has 1 fully saturated rings. The zero-order valence-electron chi connectivity index (χ0n) is 12.2. The second kappa shape index (κ2) is 6.05. The first-order valence-corrected chi connectivity index (χ1v) is 8.54. The highest BCUT2D eigenvalue weighted by Crippen LogP contribution is 2.31. The second-order valence-electron chi connectivity index (χ2n) is 5.10. The highest BCUT2D eigenvalue weighted by molar-refractivity contribution is 7.89. The zero-order chi connectivity index (χ0) is 14.8. The molecule has 2 heterocycles. The molecular weight excluding hydrogens is 276 g/mol. The van der Waals surface area contributed by atoms with Gasteiger partial charge in [-0.1, -0.05) is 6.92 Å². The van der Waals surface area contributed by atoms with E-state index in [4.69, 9.17) is 0 Å². The summed E-state index contributed by atoms with van der Waals surface area (Å²) in [5.41, 5.74) is 0. The number of nitrogens with one attached hydrogen (secondary N) is 1. The van der Waals surface area contributed by atoms with Gasteiger partial charge in [-0.2, -0.15) is 4.31 Å². The molecule has 1 aromatic heterocycles. The number of hydrogen-bond acceptors (Lipinski definition) is 5.